The van der Waals surface area contributed by atoms with E-state index in [0.717, 1.165) is 30.0 Å². The van der Waals surface area contributed by atoms with Crippen molar-refractivity contribution in [2.45, 2.75) is 47.1 Å². The number of halogens is 1. The molecule has 0 aliphatic heterocycles. The maximum absolute atomic E-state index is 4.56. The third-order valence-electron chi connectivity index (χ3n) is 2.64. The predicted octanol–water partition coefficient (Wildman–Crippen LogP) is 3.56. The standard InChI is InChI=1S/C14H26N4S.HI/c1-5-15-14(16-8-6-7-11(2)3)18-10-13-17-9-12(4)19-13;/h9,11H,5-8,10H2,1-4H3,(H2,15,16,18);1H. The summed E-state index contributed by atoms with van der Waals surface area (Å²) < 4.78 is 0. The van der Waals surface area contributed by atoms with Gasteiger partial charge in [0, 0.05) is 24.2 Å². The third kappa shape index (κ3) is 8.73. The smallest absolute Gasteiger partial charge is 0.191 e. The molecule has 20 heavy (non-hydrogen) atoms. The molecule has 0 radical (unpaired) electrons. The number of guanidine groups is 1. The maximum atomic E-state index is 4.56. The zero-order valence-electron chi connectivity index (χ0n) is 12.9. The van der Waals surface area contributed by atoms with E-state index in [1.54, 1.807) is 11.3 Å². The van der Waals surface area contributed by atoms with Crippen LogP contribution in [0.5, 0.6) is 0 Å². The van der Waals surface area contributed by atoms with Crippen LogP contribution in [0.15, 0.2) is 11.2 Å². The lowest BCUT2D eigenvalue weighted by atomic mass is 10.1. The molecule has 6 heteroatoms. The highest BCUT2D eigenvalue weighted by atomic mass is 127. The van der Waals surface area contributed by atoms with Gasteiger partial charge in [0.25, 0.3) is 0 Å². The van der Waals surface area contributed by atoms with E-state index >= 15 is 0 Å². The molecular weight excluding hydrogens is 383 g/mol. The number of thiazole rings is 1. The maximum Gasteiger partial charge on any atom is 0.191 e. The van der Waals surface area contributed by atoms with Gasteiger partial charge in [-0.25, -0.2) is 9.98 Å². The van der Waals surface area contributed by atoms with E-state index in [1.807, 2.05) is 6.20 Å². The first-order valence-corrected chi connectivity index (χ1v) is 7.87. The van der Waals surface area contributed by atoms with Gasteiger partial charge < -0.3 is 10.6 Å². The highest BCUT2D eigenvalue weighted by Crippen LogP contribution is 2.11. The lowest BCUT2D eigenvalue weighted by Gasteiger charge is -2.11. The van der Waals surface area contributed by atoms with Gasteiger partial charge in [-0.15, -0.1) is 35.3 Å². The molecule has 2 N–H and O–H groups in total. The van der Waals surface area contributed by atoms with Crippen molar-refractivity contribution in [2.75, 3.05) is 13.1 Å². The van der Waals surface area contributed by atoms with E-state index in [1.165, 1.54) is 17.7 Å². The summed E-state index contributed by atoms with van der Waals surface area (Å²) in [6.07, 6.45) is 4.33. The molecule has 4 nitrogen and oxygen atoms in total. The van der Waals surface area contributed by atoms with Gasteiger partial charge >= 0.3 is 0 Å². The van der Waals surface area contributed by atoms with E-state index < -0.39 is 0 Å². The second-order valence-corrected chi connectivity index (χ2v) is 6.34. The molecule has 0 bridgehead atoms. The van der Waals surface area contributed by atoms with Gasteiger partial charge in [0.05, 0.1) is 6.54 Å². The van der Waals surface area contributed by atoms with E-state index in [-0.39, 0.29) is 24.0 Å². The Labute approximate surface area is 143 Å². The van der Waals surface area contributed by atoms with Crippen LogP contribution in [0.3, 0.4) is 0 Å². The largest absolute Gasteiger partial charge is 0.357 e. The normalized spacial score (nSPS) is 11.3. The molecule has 1 aromatic rings. The average molecular weight is 410 g/mol. The predicted molar refractivity (Wildman–Crippen MR) is 99.2 cm³/mol. The minimum atomic E-state index is 0. The van der Waals surface area contributed by atoms with Gasteiger partial charge in [-0.1, -0.05) is 13.8 Å². The molecule has 0 aliphatic rings. The fourth-order valence-electron chi connectivity index (χ4n) is 1.68. The molecule has 0 spiro atoms. The minimum absolute atomic E-state index is 0. The fraction of sp³-hybridized carbons (Fsp3) is 0.714. The number of nitrogens with zero attached hydrogens (tertiary/aromatic N) is 2. The number of nitrogens with one attached hydrogen (secondary N) is 2. The van der Waals surface area contributed by atoms with Crippen LogP contribution < -0.4 is 10.6 Å². The van der Waals surface area contributed by atoms with Crippen LogP contribution >= 0.6 is 35.3 Å². The van der Waals surface area contributed by atoms with Crippen molar-refractivity contribution in [1.82, 2.24) is 15.6 Å². The van der Waals surface area contributed by atoms with E-state index in [2.05, 4.69) is 48.3 Å². The number of rotatable bonds is 7. The Hall–Kier alpha value is -0.370. The Kier molecular flexibility index (Phi) is 11.1. The minimum Gasteiger partial charge on any atom is -0.357 e. The van der Waals surface area contributed by atoms with Crippen molar-refractivity contribution in [2.24, 2.45) is 10.9 Å². The summed E-state index contributed by atoms with van der Waals surface area (Å²) >= 11 is 1.71. The van der Waals surface area contributed by atoms with Gasteiger partial charge in [-0.3, -0.25) is 0 Å². The zero-order chi connectivity index (χ0) is 14.1. The molecule has 0 unspecified atom stereocenters. The van der Waals surface area contributed by atoms with Crippen molar-refractivity contribution in [3.05, 3.63) is 16.1 Å². The molecule has 0 fully saturated rings. The van der Waals surface area contributed by atoms with E-state index in [4.69, 9.17) is 0 Å². The lowest BCUT2D eigenvalue weighted by Crippen LogP contribution is -2.37. The topological polar surface area (TPSA) is 49.3 Å². The number of aryl methyl sites for hydroxylation is 1. The Morgan fingerprint density at radius 2 is 2.15 bits per heavy atom. The summed E-state index contributed by atoms with van der Waals surface area (Å²) in [5.41, 5.74) is 0. The van der Waals surface area contributed by atoms with Crippen LogP contribution in [0.4, 0.5) is 0 Å². The highest BCUT2D eigenvalue weighted by molar-refractivity contribution is 14.0. The molecule has 1 heterocycles. The zero-order valence-corrected chi connectivity index (χ0v) is 16.0. The van der Waals surface area contributed by atoms with Crippen LogP contribution in [0.25, 0.3) is 0 Å². The van der Waals surface area contributed by atoms with Crippen LogP contribution in [-0.2, 0) is 6.54 Å². The molecule has 1 rings (SSSR count). The van der Waals surface area contributed by atoms with Gasteiger partial charge in [-0.05, 0) is 32.6 Å². The van der Waals surface area contributed by atoms with Crippen LogP contribution in [0.1, 0.15) is 43.5 Å². The monoisotopic (exact) mass is 410 g/mol. The SMILES string of the molecule is CCNC(=NCc1ncc(C)s1)NCCCC(C)C.I. The molecular formula is C14H27IN4S. The molecule has 0 aliphatic carbocycles. The molecule has 0 saturated carbocycles. The Morgan fingerprint density at radius 3 is 2.70 bits per heavy atom. The van der Waals surface area contributed by atoms with Gasteiger partial charge in [0.2, 0.25) is 0 Å². The molecule has 116 valence electrons. The second-order valence-electron chi connectivity index (χ2n) is 5.02. The van der Waals surface area contributed by atoms with Crippen molar-refractivity contribution >= 4 is 41.3 Å². The summed E-state index contributed by atoms with van der Waals surface area (Å²) in [6, 6.07) is 0. The lowest BCUT2D eigenvalue weighted by molar-refractivity contribution is 0.549. The summed E-state index contributed by atoms with van der Waals surface area (Å²) in [5, 5.41) is 7.70. The van der Waals surface area contributed by atoms with Crippen molar-refractivity contribution < 1.29 is 0 Å². The molecule has 0 amide bonds. The van der Waals surface area contributed by atoms with Gasteiger partial charge in [-0.2, -0.15) is 0 Å². The Bertz CT molecular complexity index is 390. The molecule has 0 saturated heterocycles. The first-order valence-electron chi connectivity index (χ1n) is 7.05. The average Bonchev–Trinajstić information content (AvgIpc) is 2.77. The second kappa shape index (κ2) is 11.3. The molecule has 1 aromatic heterocycles. The Morgan fingerprint density at radius 1 is 1.40 bits per heavy atom. The number of aliphatic imine (C=N–C) groups is 1. The number of hydrogen-bond donors (Lipinski definition) is 2. The fourth-order valence-corrected chi connectivity index (χ4v) is 2.39. The van der Waals surface area contributed by atoms with Gasteiger partial charge in [0.15, 0.2) is 5.96 Å². The molecule has 0 aromatic carbocycles. The van der Waals surface area contributed by atoms with Crippen molar-refractivity contribution in [1.29, 1.82) is 0 Å². The van der Waals surface area contributed by atoms with Gasteiger partial charge in [0.1, 0.15) is 5.01 Å². The molecule has 0 atom stereocenters. The summed E-state index contributed by atoms with van der Waals surface area (Å²) in [6.45, 7) is 11.2. The number of hydrogen-bond acceptors (Lipinski definition) is 3. The van der Waals surface area contributed by atoms with Crippen LogP contribution in [-0.4, -0.2) is 24.0 Å². The van der Waals surface area contributed by atoms with E-state index in [9.17, 15) is 0 Å². The van der Waals surface area contributed by atoms with Crippen LogP contribution in [0, 0.1) is 12.8 Å². The van der Waals surface area contributed by atoms with Crippen molar-refractivity contribution in [3.8, 4) is 0 Å². The Balaban J connectivity index is 0.00000361. The summed E-state index contributed by atoms with van der Waals surface area (Å²) in [5.74, 6) is 1.65. The highest BCUT2D eigenvalue weighted by Gasteiger charge is 2.00. The quantitative estimate of drug-likeness (QED) is 0.313. The van der Waals surface area contributed by atoms with Crippen molar-refractivity contribution in [3.63, 3.8) is 0 Å². The summed E-state index contributed by atoms with van der Waals surface area (Å²) in [4.78, 5) is 10.1. The summed E-state index contributed by atoms with van der Waals surface area (Å²) in [7, 11) is 0. The third-order valence-corrected chi connectivity index (χ3v) is 3.53. The van der Waals surface area contributed by atoms with Crippen LogP contribution in [0.2, 0.25) is 0 Å². The van der Waals surface area contributed by atoms with E-state index in [0.29, 0.717) is 6.54 Å². The number of aromatic nitrogens is 1. The first-order chi connectivity index (χ1) is 9.11. The first kappa shape index (κ1) is 19.6.